The first kappa shape index (κ1) is 20.4. The van der Waals surface area contributed by atoms with Crippen molar-refractivity contribution in [2.75, 3.05) is 31.2 Å². The minimum Gasteiger partial charge on any atom is -0.491 e. The van der Waals surface area contributed by atoms with Crippen LogP contribution in [0.15, 0.2) is 16.9 Å². The summed E-state index contributed by atoms with van der Waals surface area (Å²) in [5, 5.41) is 19.4. The average molecular weight is 431 g/mol. The third-order valence-corrected chi connectivity index (χ3v) is 6.56. The lowest BCUT2D eigenvalue weighted by Gasteiger charge is -2.39. The Hall–Kier alpha value is -2.49. The van der Waals surface area contributed by atoms with Crippen molar-refractivity contribution in [2.45, 2.75) is 50.4 Å². The molecule has 0 bridgehead atoms. The summed E-state index contributed by atoms with van der Waals surface area (Å²) in [5.41, 5.74) is 1.40. The number of aryl methyl sites for hydroxylation is 1. The molecular formula is C22H26FN3O5. The second kappa shape index (κ2) is 7.89. The van der Waals surface area contributed by atoms with Gasteiger partial charge in [-0.15, -0.1) is 0 Å². The topological polar surface area (TPSA) is 108 Å². The van der Waals surface area contributed by atoms with Gasteiger partial charge in [0.2, 0.25) is 5.95 Å². The number of nitrogens with zero attached hydrogens (tertiary/aromatic N) is 2. The number of nitrogens with one attached hydrogen (secondary N) is 1. The van der Waals surface area contributed by atoms with Gasteiger partial charge in [0, 0.05) is 35.8 Å². The van der Waals surface area contributed by atoms with Gasteiger partial charge in [0.05, 0.1) is 12.3 Å². The normalized spacial score (nSPS) is 21.8. The standard InChI is InChI=1S/C22H26FN3O5/c23-16-12-13(30-10-9-27)11-15-18(16)22(31-20(15)29)5-7-26(8-6-22)21-24-17-4-2-1-3-14(17)19(28)25-21/h11-12,20,27,29H,1-10H2,(H,24,25,28). The number of ether oxygens (including phenoxy) is 2. The summed E-state index contributed by atoms with van der Waals surface area (Å²) < 4.78 is 26.2. The van der Waals surface area contributed by atoms with E-state index in [9.17, 15) is 9.90 Å². The van der Waals surface area contributed by atoms with Crippen LogP contribution in [-0.2, 0) is 23.2 Å². The highest BCUT2D eigenvalue weighted by Gasteiger charge is 2.49. The fourth-order valence-electron chi connectivity index (χ4n) is 5.05. The summed E-state index contributed by atoms with van der Waals surface area (Å²) in [6.07, 6.45) is 3.30. The second-order valence-electron chi connectivity index (χ2n) is 8.41. The minimum atomic E-state index is -1.24. The lowest BCUT2D eigenvalue weighted by atomic mass is 9.83. The number of anilines is 1. The quantitative estimate of drug-likeness (QED) is 0.676. The fraction of sp³-hybridized carbons (Fsp3) is 0.545. The van der Waals surface area contributed by atoms with Gasteiger partial charge in [-0.3, -0.25) is 9.78 Å². The van der Waals surface area contributed by atoms with Crippen molar-refractivity contribution in [3.8, 4) is 5.75 Å². The Kier molecular flexibility index (Phi) is 5.19. The second-order valence-corrected chi connectivity index (χ2v) is 8.41. The van der Waals surface area contributed by atoms with Crippen LogP contribution in [-0.4, -0.2) is 46.5 Å². The largest absolute Gasteiger partial charge is 0.491 e. The Morgan fingerprint density at radius 3 is 2.84 bits per heavy atom. The number of aliphatic hydroxyl groups is 2. The molecule has 3 heterocycles. The van der Waals surface area contributed by atoms with Crippen molar-refractivity contribution in [3.63, 3.8) is 0 Å². The van der Waals surface area contributed by atoms with Gasteiger partial charge in [0.1, 0.15) is 23.8 Å². The van der Waals surface area contributed by atoms with Crippen molar-refractivity contribution in [3.05, 3.63) is 50.7 Å². The van der Waals surface area contributed by atoms with E-state index in [0.717, 1.165) is 36.9 Å². The van der Waals surface area contributed by atoms with E-state index in [-0.39, 0.29) is 24.5 Å². The summed E-state index contributed by atoms with van der Waals surface area (Å²) in [7, 11) is 0. The van der Waals surface area contributed by atoms with Gasteiger partial charge in [-0.1, -0.05) is 0 Å². The molecule has 0 saturated carbocycles. The number of H-pyrrole nitrogens is 1. The van der Waals surface area contributed by atoms with E-state index in [0.29, 0.717) is 43.0 Å². The van der Waals surface area contributed by atoms with Gasteiger partial charge in [0.25, 0.3) is 5.56 Å². The molecule has 0 amide bonds. The number of rotatable bonds is 4. The molecule has 1 spiro atoms. The van der Waals surface area contributed by atoms with E-state index < -0.39 is 17.7 Å². The van der Waals surface area contributed by atoms with Crippen LogP contribution in [0.4, 0.5) is 10.3 Å². The smallest absolute Gasteiger partial charge is 0.255 e. The molecule has 1 aromatic heterocycles. The Balaban J connectivity index is 1.39. The lowest BCUT2D eigenvalue weighted by molar-refractivity contribution is -0.180. The van der Waals surface area contributed by atoms with Crippen LogP contribution < -0.4 is 15.2 Å². The lowest BCUT2D eigenvalue weighted by Crippen LogP contribution is -2.44. The zero-order chi connectivity index (χ0) is 21.6. The van der Waals surface area contributed by atoms with E-state index >= 15 is 4.39 Å². The first-order valence-corrected chi connectivity index (χ1v) is 10.8. The molecule has 1 aromatic carbocycles. The summed E-state index contributed by atoms with van der Waals surface area (Å²) in [5.74, 6) is 0.307. The molecule has 31 heavy (non-hydrogen) atoms. The van der Waals surface area contributed by atoms with E-state index in [4.69, 9.17) is 19.6 Å². The molecular weight excluding hydrogens is 405 g/mol. The third-order valence-electron chi connectivity index (χ3n) is 6.56. The van der Waals surface area contributed by atoms with Gasteiger partial charge >= 0.3 is 0 Å². The molecule has 1 atom stereocenters. The van der Waals surface area contributed by atoms with Crippen LogP contribution in [0.3, 0.4) is 0 Å². The highest BCUT2D eigenvalue weighted by atomic mass is 19.1. The predicted molar refractivity (Wildman–Crippen MR) is 110 cm³/mol. The van der Waals surface area contributed by atoms with E-state index in [1.165, 1.54) is 6.07 Å². The van der Waals surface area contributed by atoms with Gasteiger partial charge in [0.15, 0.2) is 6.29 Å². The number of hydrogen-bond donors (Lipinski definition) is 3. The zero-order valence-corrected chi connectivity index (χ0v) is 17.2. The number of fused-ring (bicyclic) bond motifs is 3. The van der Waals surface area contributed by atoms with Gasteiger partial charge in [-0.05, 0) is 44.6 Å². The molecule has 3 N–H and O–H groups in total. The summed E-state index contributed by atoms with van der Waals surface area (Å²) in [4.78, 5) is 22.1. The molecule has 1 saturated heterocycles. The van der Waals surface area contributed by atoms with Crippen LogP contribution >= 0.6 is 0 Å². The van der Waals surface area contributed by atoms with E-state index in [2.05, 4.69) is 4.98 Å². The number of aromatic amines is 1. The van der Waals surface area contributed by atoms with Gasteiger partial charge < -0.3 is 24.6 Å². The Morgan fingerprint density at radius 1 is 1.29 bits per heavy atom. The molecule has 0 radical (unpaired) electrons. The third kappa shape index (κ3) is 3.50. The maximum Gasteiger partial charge on any atom is 0.255 e. The van der Waals surface area contributed by atoms with E-state index in [1.807, 2.05) is 4.90 Å². The number of hydrogen-bond acceptors (Lipinski definition) is 7. The molecule has 1 fully saturated rings. The van der Waals surface area contributed by atoms with Crippen LogP contribution in [0, 0.1) is 5.82 Å². The first-order chi connectivity index (χ1) is 15.0. The first-order valence-electron chi connectivity index (χ1n) is 10.8. The Morgan fingerprint density at radius 2 is 2.06 bits per heavy atom. The van der Waals surface area contributed by atoms with Crippen molar-refractivity contribution in [1.82, 2.24) is 9.97 Å². The molecule has 166 valence electrons. The molecule has 3 aliphatic rings. The summed E-state index contributed by atoms with van der Waals surface area (Å²) >= 11 is 0. The van der Waals surface area contributed by atoms with E-state index in [1.54, 1.807) is 6.07 Å². The number of benzene rings is 1. The Labute approximate surface area is 178 Å². The molecule has 1 unspecified atom stereocenters. The van der Waals surface area contributed by atoms with Crippen molar-refractivity contribution in [1.29, 1.82) is 0 Å². The summed E-state index contributed by atoms with van der Waals surface area (Å²) in [6, 6.07) is 2.84. The number of piperidine rings is 1. The van der Waals surface area contributed by atoms with Crippen LogP contribution in [0.1, 0.15) is 54.4 Å². The fourth-order valence-corrected chi connectivity index (χ4v) is 5.05. The molecule has 5 rings (SSSR count). The van der Waals surface area contributed by atoms with Crippen LogP contribution in [0.25, 0.3) is 0 Å². The molecule has 2 aromatic rings. The average Bonchev–Trinajstić information content (AvgIpc) is 3.04. The van der Waals surface area contributed by atoms with Crippen molar-refractivity contribution >= 4 is 5.95 Å². The molecule has 2 aliphatic heterocycles. The Bertz CT molecular complexity index is 1050. The molecule has 8 nitrogen and oxygen atoms in total. The van der Waals surface area contributed by atoms with Crippen molar-refractivity contribution < 1.29 is 24.1 Å². The van der Waals surface area contributed by atoms with Crippen LogP contribution in [0.2, 0.25) is 0 Å². The highest BCUT2D eigenvalue weighted by Crippen LogP contribution is 2.50. The SMILES string of the molecule is O=c1[nH]c(N2CCC3(CC2)OC(O)c2cc(OCCO)cc(F)c23)nc2c1CCCC2. The van der Waals surface area contributed by atoms with Gasteiger partial charge in [-0.2, -0.15) is 0 Å². The number of halogens is 1. The maximum absolute atomic E-state index is 15.0. The maximum atomic E-state index is 15.0. The van der Waals surface area contributed by atoms with Crippen LogP contribution in [0.5, 0.6) is 5.75 Å². The zero-order valence-electron chi connectivity index (χ0n) is 17.2. The van der Waals surface area contributed by atoms with Gasteiger partial charge in [-0.25, -0.2) is 9.37 Å². The predicted octanol–water partition coefficient (Wildman–Crippen LogP) is 1.68. The minimum absolute atomic E-state index is 0.0429. The van der Waals surface area contributed by atoms with Crippen molar-refractivity contribution in [2.24, 2.45) is 0 Å². The molecule has 9 heteroatoms. The number of aliphatic hydroxyl groups excluding tert-OH is 2. The molecule has 1 aliphatic carbocycles. The monoisotopic (exact) mass is 431 g/mol. The number of aromatic nitrogens is 2. The highest BCUT2D eigenvalue weighted by molar-refractivity contribution is 5.45. The summed E-state index contributed by atoms with van der Waals surface area (Å²) in [6.45, 7) is 0.879.